The van der Waals surface area contributed by atoms with Crippen LogP contribution in [0.4, 0.5) is 5.82 Å². The topological polar surface area (TPSA) is 75.6 Å². The monoisotopic (exact) mass is 393 g/mol. The fourth-order valence-electron chi connectivity index (χ4n) is 3.50. The maximum atomic E-state index is 5.47. The van der Waals surface area contributed by atoms with Gasteiger partial charge in [0.2, 0.25) is 0 Å². The number of aromatic nitrogens is 3. The number of aliphatic imine (C=N–C) groups is 1. The predicted octanol–water partition coefficient (Wildman–Crippen LogP) is 2.99. The maximum absolute atomic E-state index is 5.47. The molecule has 1 fully saturated rings. The molecule has 152 valence electrons. The minimum Gasteiger partial charge on any atom is -0.385 e. The average molecular weight is 393 g/mol. The lowest BCUT2D eigenvalue weighted by Crippen LogP contribution is -2.37. The lowest BCUT2D eigenvalue weighted by Gasteiger charge is -2.28. The largest absolute Gasteiger partial charge is 0.385 e. The summed E-state index contributed by atoms with van der Waals surface area (Å²) in [5, 5.41) is 1.17. The van der Waals surface area contributed by atoms with Crippen molar-refractivity contribution in [3.63, 3.8) is 0 Å². The van der Waals surface area contributed by atoms with Crippen LogP contribution in [0.15, 0.2) is 41.5 Å². The summed E-state index contributed by atoms with van der Waals surface area (Å²) in [6.45, 7) is 4.41. The minimum atomic E-state index is 0.524. The minimum absolute atomic E-state index is 0.524. The van der Waals surface area contributed by atoms with Gasteiger partial charge in [-0.1, -0.05) is 18.2 Å². The van der Waals surface area contributed by atoms with Crippen molar-refractivity contribution < 1.29 is 9.47 Å². The second-order valence-corrected chi connectivity index (χ2v) is 7.09. The molecule has 2 aromatic heterocycles. The molecule has 3 heterocycles. The molecular formula is C22H27N5O2. The van der Waals surface area contributed by atoms with Crippen LogP contribution in [0.3, 0.4) is 0 Å². The number of nitrogens with one attached hydrogen (secondary N) is 1. The number of nitrogens with zero attached hydrogens (tertiary/aromatic N) is 4. The Morgan fingerprint density at radius 1 is 1.24 bits per heavy atom. The normalized spacial score (nSPS) is 14.9. The molecule has 0 spiro atoms. The first kappa shape index (κ1) is 19.5. The molecule has 29 heavy (non-hydrogen) atoms. The van der Waals surface area contributed by atoms with Gasteiger partial charge >= 0.3 is 0 Å². The van der Waals surface area contributed by atoms with Gasteiger partial charge in [-0.2, -0.15) is 0 Å². The van der Waals surface area contributed by atoms with Gasteiger partial charge < -0.3 is 19.4 Å². The first-order valence-electron chi connectivity index (χ1n) is 10.1. The standard InChI is InChI=1S/C22H27N5O2/c1-28-10-4-7-21-25-18(13-22(26-21)27-8-11-29-12-9-27)16-23-14-17-15-24-20-6-3-2-5-19(17)20/h2-3,5-6,13-15,24H,4,7-12,16H2,1H3. The Morgan fingerprint density at radius 2 is 2.10 bits per heavy atom. The second kappa shape index (κ2) is 9.62. The van der Waals surface area contributed by atoms with Gasteiger partial charge in [0.05, 0.1) is 25.5 Å². The molecule has 0 bridgehead atoms. The van der Waals surface area contributed by atoms with Crippen molar-refractivity contribution >= 4 is 22.9 Å². The third-order valence-electron chi connectivity index (χ3n) is 5.00. The number of ether oxygens (including phenoxy) is 2. The highest BCUT2D eigenvalue weighted by atomic mass is 16.5. The van der Waals surface area contributed by atoms with Crippen molar-refractivity contribution in [2.24, 2.45) is 4.99 Å². The zero-order chi connectivity index (χ0) is 19.9. The highest BCUT2D eigenvalue weighted by molar-refractivity contribution is 5.98. The summed E-state index contributed by atoms with van der Waals surface area (Å²) in [6.07, 6.45) is 5.61. The number of anilines is 1. The van der Waals surface area contributed by atoms with E-state index in [1.807, 2.05) is 24.5 Å². The Kier molecular flexibility index (Phi) is 6.49. The smallest absolute Gasteiger partial charge is 0.132 e. The van der Waals surface area contributed by atoms with E-state index < -0.39 is 0 Å². The second-order valence-electron chi connectivity index (χ2n) is 7.09. The van der Waals surface area contributed by atoms with Crippen molar-refractivity contribution in [3.05, 3.63) is 53.6 Å². The van der Waals surface area contributed by atoms with Crippen molar-refractivity contribution in [2.75, 3.05) is 44.9 Å². The molecule has 7 nitrogen and oxygen atoms in total. The van der Waals surface area contributed by atoms with E-state index in [4.69, 9.17) is 19.4 Å². The molecule has 0 aliphatic carbocycles. The Balaban J connectivity index is 1.52. The number of benzene rings is 1. The molecule has 0 saturated carbocycles. The molecule has 1 N–H and O–H groups in total. The lowest BCUT2D eigenvalue weighted by molar-refractivity contribution is 0.122. The van der Waals surface area contributed by atoms with E-state index in [1.165, 1.54) is 5.39 Å². The van der Waals surface area contributed by atoms with Crippen molar-refractivity contribution in [1.29, 1.82) is 0 Å². The number of para-hydroxylation sites is 1. The molecular weight excluding hydrogens is 366 g/mol. The number of H-pyrrole nitrogens is 1. The highest BCUT2D eigenvalue weighted by Gasteiger charge is 2.15. The van der Waals surface area contributed by atoms with Crippen molar-refractivity contribution in [2.45, 2.75) is 19.4 Å². The molecule has 4 rings (SSSR count). The highest BCUT2D eigenvalue weighted by Crippen LogP contribution is 2.18. The van der Waals surface area contributed by atoms with Gasteiger partial charge in [0.1, 0.15) is 11.6 Å². The number of fused-ring (bicyclic) bond motifs is 1. The summed E-state index contributed by atoms with van der Waals surface area (Å²) in [5.74, 6) is 1.82. The van der Waals surface area contributed by atoms with Crippen molar-refractivity contribution in [1.82, 2.24) is 15.0 Å². The van der Waals surface area contributed by atoms with Crippen LogP contribution in [0.1, 0.15) is 23.5 Å². The van der Waals surface area contributed by atoms with Gasteiger partial charge in [-0.05, 0) is 12.5 Å². The van der Waals surface area contributed by atoms with E-state index in [1.54, 1.807) is 7.11 Å². The average Bonchev–Trinajstić information content (AvgIpc) is 3.18. The molecule has 0 unspecified atom stereocenters. The number of hydrogen-bond acceptors (Lipinski definition) is 6. The number of rotatable bonds is 8. The van der Waals surface area contributed by atoms with E-state index in [0.717, 1.165) is 67.6 Å². The third kappa shape index (κ3) is 4.99. The summed E-state index contributed by atoms with van der Waals surface area (Å²) in [4.78, 5) is 19.7. The van der Waals surface area contributed by atoms with Crippen LogP contribution in [0.5, 0.6) is 0 Å². The number of morpholine rings is 1. The molecule has 7 heteroatoms. The Morgan fingerprint density at radius 3 is 2.97 bits per heavy atom. The summed E-state index contributed by atoms with van der Waals surface area (Å²) in [6, 6.07) is 10.3. The zero-order valence-corrected chi connectivity index (χ0v) is 16.8. The quantitative estimate of drug-likeness (QED) is 0.470. The van der Waals surface area contributed by atoms with Crippen LogP contribution in [-0.4, -0.2) is 61.2 Å². The SMILES string of the molecule is COCCCc1nc(CN=Cc2c[nH]c3ccccc23)cc(N2CCOCC2)n1. The molecule has 0 radical (unpaired) electrons. The Labute approximate surface area is 170 Å². The first-order valence-corrected chi connectivity index (χ1v) is 10.1. The van der Waals surface area contributed by atoms with E-state index in [0.29, 0.717) is 13.2 Å². The van der Waals surface area contributed by atoms with Gasteiger partial charge in [0.25, 0.3) is 0 Å². The molecule has 0 amide bonds. The van der Waals surface area contributed by atoms with E-state index in [9.17, 15) is 0 Å². The number of aromatic amines is 1. The van der Waals surface area contributed by atoms with Crippen LogP contribution in [0, 0.1) is 0 Å². The van der Waals surface area contributed by atoms with E-state index in [-0.39, 0.29) is 0 Å². The molecule has 0 atom stereocenters. The van der Waals surface area contributed by atoms with Crippen LogP contribution in [0.25, 0.3) is 10.9 Å². The molecule has 1 aromatic carbocycles. The van der Waals surface area contributed by atoms with Crippen LogP contribution >= 0.6 is 0 Å². The molecule has 1 aliphatic rings. The Bertz CT molecular complexity index is 963. The fraction of sp³-hybridized carbons (Fsp3) is 0.409. The van der Waals surface area contributed by atoms with Gasteiger partial charge in [0.15, 0.2) is 0 Å². The van der Waals surface area contributed by atoms with Crippen molar-refractivity contribution in [3.8, 4) is 0 Å². The van der Waals surface area contributed by atoms with Crippen LogP contribution in [-0.2, 0) is 22.4 Å². The lowest BCUT2D eigenvalue weighted by atomic mass is 10.2. The maximum Gasteiger partial charge on any atom is 0.132 e. The third-order valence-corrected chi connectivity index (χ3v) is 5.00. The van der Waals surface area contributed by atoms with Gasteiger partial charge in [0, 0.05) is 68.2 Å². The molecule has 1 aliphatic heterocycles. The molecule has 3 aromatic rings. The number of hydrogen-bond donors (Lipinski definition) is 1. The Hall–Kier alpha value is -2.77. The summed E-state index contributed by atoms with van der Waals surface area (Å²) < 4.78 is 10.6. The van der Waals surface area contributed by atoms with Gasteiger partial charge in [-0.3, -0.25) is 4.99 Å². The summed E-state index contributed by atoms with van der Waals surface area (Å²) >= 11 is 0. The van der Waals surface area contributed by atoms with E-state index in [2.05, 4.69) is 33.1 Å². The summed E-state index contributed by atoms with van der Waals surface area (Å²) in [7, 11) is 1.72. The van der Waals surface area contributed by atoms with Gasteiger partial charge in [-0.25, -0.2) is 9.97 Å². The number of aryl methyl sites for hydroxylation is 1. The first-order chi connectivity index (χ1) is 14.3. The number of methoxy groups -OCH3 is 1. The predicted molar refractivity (Wildman–Crippen MR) is 115 cm³/mol. The van der Waals surface area contributed by atoms with E-state index >= 15 is 0 Å². The zero-order valence-electron chi connectivity index (χ0n) is 16.8. The van der Waals surface area contributed by atoms with Crippen LogP contribution < -0.4 is 4.90 Å². The molecule has 1 saturated heterocycles. The van der Waals surface area contributed by atoms with Gasteiger partial charge in [-0.15, -0.1) is 0 Å². The van der Waals surface area contributed by atoms with Crippen LogP contribution in [0.2, 0.25) is 0 Å². The summed E-state index contributed by atoms with van der Waals surface area (Å²) in [5.41, 5.74) is 3.14. The fourth-order valence-corrected chi connectivity index (χ4v) is 3.50.